The van der Waals surface area contributed by atoms with Crippen LogP contribution in [-0.2, 0) is 14.9 Å². The highest BCUT2D eigenvalue weighted by Gasteiger charge is 2.56. The summed E-state index contributed by atoms with van der Waals surface area (Å²) >= 11 is 0. The van der Waals surface area contributed by atoms with Crippen molar-refractivity contribution >= 4 is 43.5 Å². The summed E-state index contributed by atoms with van der Waals surface area (Å²) in [5.74, 6) is 1.84. The van der Waals surface area contributed by atoms with Crippen LogP contribution in [0, 0.1) is 17.8 Å². The number of nitrogens with one attached hydrogen (secondary N) is 2. The molecule has 8 rings (SSSR count). The largest absolute Gasteiger partial charge is 0.382 e. The van der Waals surface area contributed by atoms with Crippen molar-refractivity contribution in [3.05, 3.63) is 47.7 Å². The number of nitrogen functional groups attached to an aromatic ring is 1. The fraction of sp³-hybridized carbons (Fsp3) is 0.500. The minimum absolute atomic E-state index is 0.157. The van der Waals surface area contributed by atoms with Gasteiger partial charge in [0.05, 0.1) is 42.2 Å². The van der Waals surface area contributed by atoms with Crippen LogP contribution in [0.5, 0.6) is 0 Å². The Bertz CT molecular complexity index is 1670. The van der Waals surface area contributed by atoms with Crippen LogP contribution in [0.2, 0.25) is 0 Å². The van der Waals surface area contributed by atoms with Crippen LogP contribution in [0.4, 0.5) is 11.5 Å². The maximum Gasteiger partial charge on any atom is 0.304 e. The van der Waals surface area contributed by atoms with E-state index in [2.05, 4.69) is 32.5 Å². The molecule has 1 saturated heterocycles. The zero-order valence-corrected chi connectivity index (χ0v) is 22.5. The van der Waals surface area contributed by atoms with Crippen LogP contribution < -0.4 is 10.0 Å². The van der Waals surface area contributed by atoms with Gasteiger partial charge in [0, 0.05) is 23.9 Å². The molecule has 2 bridgehead atoms. The highest BCUT2D eigenvalue weighted by molar-refractivity contribution is 7.90. The normalized spacial score (nSPS) is 29.4. The van der Waals surface area contributed by atoms with Crippen molar-refractivity contribution < 1.29 is 13.2 Å². The minimum Gasteiger partial charge on any atom is -0.382 e. The number of fused-ring (bicyclic) bond motifs is 10. The summed E-state index contributed by atoms with van der Waals surface area (Å²) in [6.45, 7) is 1.50. The summed E-state index contributed by atoms with van der Waals surface area (Å²) in [4.78, 5) is 0. The molecule has 0 amide bonds. The molecule has 4 unspecified atom stereocenters. The minimum atomic E-state index is -3.87. The van der Waals surface area contributed by atoms with Crippen molar-refractivity contribution in [2.45, 2.75) is 44.1 Å². The van der Waals surface area contributed by atoms with Crippen LogP contribution in [0.3, 0.4) is 0 Å². The predicted molar refractivity (Wildman–Crippen MR) is 149 cm³/mol. The molecule has 4 aromatic rings. The second-order valence-corrected chi connectivity index (χ2v) is 13.5. The van der Waals surface area contributed by atoms with Gasteiger partial charge in [-0.05, 0) is 71.9 Å². The molecule has 10 nitrogen and oxygen atoms in total. The summed E-state index contributed by atoms with van der Waals surface area (Å²) in [7, 11) is -3.87. The smallest absolute Gasteiger partial charge is 0.304 e. The van der Waals surface area contributed by atoms with Crippen molar-refractivity contribution in [1.82, 2.24) is 24.7 Å². The maximum atomic E-state index is 14.7. The summed E-state index contributed by atoms with van der Waals surface area (Å²) in [6.07, 6.45) is 7.78. The lowest BCUT2D eigenvalue weighted by Gasteiger charge is -2.49. The van der Waals surface area contributed by atoms with Crippen molar-refractivity contribution in [2.75, 3.05) is 36.3 Å². The summed E-state index contributed by atoms with van der Waals surface area (Å²) in [5.41, 5.74) is 11.0. The molecule has 4 N–H and O–H groups in total. The van der Waals surface area contributed by atoms with E-state index in [1.165, 1.54) is 19.3 Å². The summed E-state index contributed by atoms with van der Waals surface area (Å²) < 4.78 is 38.3. The highest BCUT2D eigenvalue weighted by Crippen LogP contribution is 2.64. The van der Waals surface area contributed by atoms with E-state index < -0.39 is 10.2 Å². The van der Waals surface area contributed by atoms with E-state index in [-0.39, 0.29) is 17.9 Å². The van der Waals surface area contributed by atoms with Gasteiger partial charge in [-0.3, -0.25) is 10.2 Å². The lowest BCUT2D eigenvalue weighted by molar-refractivity contribution is 0.0725. The number of aromatic nitrogens is 4. The van der Waals surface area contributed by atoms with Crippen LogP contribution in [0.25, 0.3) is 21.8 Å². The van der Waals surface area contributed by atoms with Crippen molar-refractivity contribution in [3.8, 4) is 0 Å². The Kier molecular flexibility index (Phi) is 5.27. The number of hydrogen-bond donors (Lipinski definition) is 3. The molecule has 4 aliphatic rings. The number of nitrogens with two attached hydrogens (primary N) is 1. The van der Waals surface area contributed by atoms with Gasteiger partial charge in [-0.25, -0.2) is 4.31 Å². The third-order valence-electron chi connectivity index (χ3n) is 9.81. The van der Waals surface area contributed by atoms with Gasteiger partial charge in [0.2, 0.25) is 0 Å². The lowest BCUT2D eigenvalue weighted by atomic mass is 9.69. The number of ether oxygens (including phenoxy) is 1. The summed E-state index contributed by atoms with van der Waals surface area (Å²) in [6, 6.07) is 9.76. The standard InChI is InChI=1S/C28H33N7O3S/c29-28-19-14-18(5-6-21(19)32-33-28)27-25-17-4-2-1-3-16(13-17)24(25)26-20-15-30-31-22(20)7-8-23(26)35(27)39(36,37)34-9-11-38-12-10-34/h5-8,14-17,24-25,27H,1-4,9-13H2,(H,30,31)(H3,29,32,33)/t16?,17?,24?,25-,27?/m1/s1. The molecule has 0 spiro atoms. The first-order valence-corrected chi connectivity index (χ1v) is 15.5. The predicted octanol–water partition coefficient (Wildman–Crippen LogP) is 4.07. The number of benzene rings is 2. The van der Waals surface area contributed by atoms with Gasteiger partial charge in [0.25, 0.3) is 0 Å². The van der Waals surface area contributed by atoms with Gasteiger partial charge in [0.15, 0.2) is 5.82 Å². The van der Waals surface area contributed by atoms with Crippen molar-refractivity contribution in [3.63, 3.8) is 0 Å². The molecule has 2 aliphatic heterocycles. The van der Waals surface area contributed by atoms with Gasteiger partial charge >= 0.3 is 10.2 Å². The van der Waals surface area contributed by atoms with E-state index in [1.54, 1.807) is 8.61 Å². The first-order chi connectivity index (χ1) is 19.0. The third kappa shape index (κ3) is 3.42. The SMILES string of the molecule is Nc1n[nH]c2ccc(C3[C@@H]4C5CCCCC(C5)C4c4c(ccc5[nH]ncc45)N3S(=O)(=O)N3CCOCC3)cc12. The van der Waals surface area contributed by atoms with Crippen molar-refractivity contribution in [1.29, 1.82) is 0 Å². The molecular weight excluding hydrogens is 514 g/mol. The van der Waals surface area contributed by atoms with E-state index in [4.69, 9.17) is 10.5 Å². The van der Waals surface area contributed by atoms with Gasteiger partial charge in [-0.2, -0.15) is 22.9 Å². The number of rotatable bonds is 3. The quantitative estimate of drug-likeness (QED) is 0.354. The molecule has 2 saturated carbocycles. The Morgan fingerprint density at radius 3 is 2.59 bits per heavy atom. The Morgan fingerprint density at radius 1 is 0.974 bits per heavy atom. The molecule has 2 aromatic heterocycles. The Hall–Kier alpha value is -3.15. The number of nitrogens with zero attached hydrogens (tertiary/aromatic N) is 4. The fourth-order valence-corrected chi connectivity index (χ4v) is 10.1. The second kappa shape index (κ2) is 8.67. The van der Waals surface area contributed by atoms with E-state index in [0.29, 0.717) is 44.0 Å². The highest BCUT2D eigenvalue weighted by atomic mass is 32.2. The monoisotopic (exact) mass is 547 g/mol. The van der Waals surface area contributed by atoms with E-state index in [9.17, 15) is 8.42 Å². The molecule has 39 heavy (non-hydrogen) atoms. The van der Waals surface area contributed by atoms with E-state index in [1.807, 2.05) is 24.4 Å². The Labute approximate surface area is 227 Å². The van der Waals surface area contributed by atoms with Crippen LogP contribution in [0.1, 0.15) is 55.2 Å². The maximum absolute atomic E-state index is 14.7. The topological polar surface area (TPSA) is 133 Å². The van der Waals surface area contributed by atoms with Crippen molar-refractivity contribution in [2.24, 2.45) is 17.8 Å². The third-order valence-corrected chi connectivity index (χ3v) is 11.7. The van der Waals surface area contributed by atoms with Gasteiger partial charge in [0.1, 0.15) is 0 Å². The van der Waals surface area contributed by atoms with Crippen LogP contribution >= 0.6 is 0 Å². The fourth-order valence-electron chi connectivity index (χ4n) is 8.24. The first kappa shape index (κ1) is 23.7. The Balaban J connectivity index is 1.41. The second-order valence-electron chi connectivity index (χ2n) is 11.6. The van der Waals surface area contributed by atoms with E-state index >= 15 is 0 Å². The number of morpholine rings is 1. The molecule has 0 radical (unpaired) electrons. The zero-order chi connectivity index (χ0) is 26.3. The van der Waals surface area contributed by atoms with Crippen LogP contribution in [0.15, 0.2) is 36.5 Å². The van der Waals surface area contributed by atoms with Crippen LogP contribution in [-0.4, -0.2) is 59.4 Å². The summed E-state index contributed by atoms with van der Waals surface area (Å²) in [5, 5.41) is 16.6. The number of H-pyrrole nitrogens is 2. The average molecular weight is 548 g/mol. The number of anilines is 2. The lowest BCUT2D eigenvalue weighted by Crippen LogP contribution is -2.53. The number of hydrogen-bond acceptors (Lipinski definition) is 6. The zero-order valence-electron chi connectivity index (χ0n) is 21.7. The average Bonchev–Trinajstić information content (AvgIpc) is 3.62. The Morgan fingerprint density at radius 2 is 1.74 bits per heavy atom. The molecule has 11 heteroatoms. The molecule has 5 atom stereocenters. The van der Waals surface area contributed by atoms with Gasteiger partial charge in [-0.1, -0.05) is 25.3 Å². The molecule has 204 valence electrons. The van der Waals surface area contributed by atoms with Gasteiger partial charge < -0.3 is 10.5 Å². The van der Waals surface area contributed by atoms with Gasteiger partial charge in [-0.15, -0.1) is 0 Å². The number of aromatic amines is 2. The molecule has 2 aliphatic carbocycles. The first-order valence-electron chi connectivity index (χ1n) is 14.1. The molecule has 3 fully saturated rings. The molecule has 2 aromatic carbocycles. The van der Waals surface area contributed by atoms with E-state index in [0.717, 1.165) is 51.5 Å². The molecule has 4 heterocycles. The molecular formula is C28H33N7O3S.